The van der Waals surface area contributed by atoms with Gasteiger partial charge in [0.05, 0.1) is 13.2 Å². The summed E-state index contributed by atoms with van der Waals surface area (Å²) in [6.45, 7) is 1.25. The van der Waals surface area contributed by atoms with Crippen molar-refractivity contribution in [2.24, 2.45) is 0 Å². The lowest BCUT2D eigenvalue weighted by Crippen LogP contribution is -2.29. The molecule has 0 fully saturated rings. The van der Waals surface area contributed by atoms with Crippen molar-refractivity contribution >= 4 is 11.4 Å². The average molecular weight is 210 g/mol. The van der Waals surface area contributed by atoms with Crippen LogP contribution in [0.3, 0.4) is 0 Å². The normalized spacial score (nSPS) is 10.1. The van der Waals surface area contributed by atoms with E-state index < -0.39 is 0 Å². The molecule has 0 spiro atoms. The Morgan fingerprint density at radius 3 is 2.40 bits per heavy atom. The van der Waals surface area contributed by atoms with Crippen LogP contribution in [0.25, 0.3) is 0 Å². The van der Waals surface area contributed by atoms with Gasteiger partial charge in [-0.3, -0.25) is 0 Å². The van der Waals surface area contributed by atoms with Crippen LogP contribution in [0.2, 0.25) is 0 Å². The van der Waals surface area contributed by atoms with E-state index in [1.165, 1.54) is 0 Å². The molecule has 0 aromatic heterocycles. The second-order valence-corrected chi connectivity index (χ2v) is 3.23. The molecule has 1 rings (SSSR count). The molecule has 0 aliphatic heterocycles. The number of rotatable bonds is 6. The van der Waals surface area contributed by atoms with E-state index in [0.29, 0.717) is 13.1 Å². The lowest BCUT2D eigenvalue weighted by molar-refractivity contribution is 0.281. The quantitative estimate of drug-likeness (QED) is 0.640. The highest BCUT2D eigenvalue weighted by Gasteiger charge is 2.05. The van der Waals surface area contributed by atoms with E-state index in [0.717, 1.165) is 11.4 Å². The van der Waals surface area contributed by atoms with E-state index in [2.05, 4.69) is 5.32 Å². The second-order valence-electron chi connectivity index (χ2n) is 3.23. The number of nitrogens with zero attached hydrogens (tertiary/aromatic N) is 1. The maximum Gasteiger partial charge on any atom is 0.0606 e. The molecular formula is C11H18N2O2. The number of benzene rings is 1. The minimum absolute atomic E-state index is 0.0871. The first-order chi connectivity index (χ1) is 7.31. The van der Waals surface area contributed by atoms with Crippen molar-refractivity contribution in [2.75, 3.05) is 43.6 Å². The van der Waals surface area contributed by atoms with Gasteiger partial charge in [-0.2, -0.15) is 0 Å². The molecule has 15 heavy (non-hydrogen) atoms. The molecule has 0 aliphatic rings. The molecule has 84 valence electrons. The summed E-state index contributed by atoms with van der Waals surface area (Å²) in [6, 6.07) is 7.87. The fraction of sp³-hybridized carbons (Fsp3) is 0.455. The van der Waals surface area contributed by atoms with Crippen LogP contribution < -0.4 is 10.2 Å². The van der Waals surface area contributed by atoms with Gasteiger partial charge in [-0.1, -0.05) is 6.07 Å². The Bertz CT molecular complexity index is 286. The topological polar surface area (TPSA) is 55.7 Å². The van der Waals surface area contributed by atoms with E-state index in [4.69, 9.17) is 10.2 Å². The average Bonchev–Trinajstić information content (AvgIpc) is 2.29. The Morgan fingerprint density at radius 1 is 1.20 bits per heavy atom. The smallest absolute Gasteiger partial charge is 0.0606 e. The van der Waals surface area contributed by atoms with Crippen LogP contribution in [-0.2, 0) is 0 Å². The lowest BCUT2D eigenvalue weighted by atomic mass is 10.2. The zero-order chi connectivity index (χ0) is 11.1. The summed E-state index contributed by atoms with van der Waals surface area (Å²) in [5.74, 6) is 0. The van der Waals surface area contributed by atoms with Crippen LogP contribution in [0.4, 0.5) is 11.4 Å². The largest absolute Gasteiger partial charge is 0.395 e. The first-order valence-electron chi connectivity index (χ1n) is 5.06. The molecular weight excluding hydrogens is 192 g/mol. The molecule has 3 N–H and O–H groups in total. The molecule has 0 unspecified atom stereocenters. The van der Waals surface area contributed by atoms with Gasteiger partial charge in [0.15, 0.2) is 0 Å². The Balaban J connectivity index is 2.79. The standard InChI is InChI=1S/C11H18N2O2/c1-12-10-3-2-4-11(9-10)13(5-7-14)6-8-15/h2-4,9,12,14-15H,5-8H2,1H3. The third kappa shape index (κ3) is 3.42. The Hall–Kier alpha value is -1.26. The molecule has 1 aromatic carbocycles. The van der Waals surface area contributed by atoms with Gasteiger partial charge in [-0.15, -0.1) is 0 Å². The molecule has 0 amide bonds. The SMILES string of the molecule is CNc1cccc(N(CCO)CCO)c1. The van der Waals surface area contributed by atoms with Crippen LogP contribution in [0.5, 0.6) is 0 Å². The van der Waals surface area contributed by atoms with Gasteiger partial charge < -0.3 is 20.4 Å². The van der Waals surface area contributed by atoms with Crippen molar-refractivity contribution in [3.05, 3.63) is 24.3 Å². The Morgan fingerprint density at radius 2 is 1.87 bits per heavy atom. The molecule has 0 radical (unpaired) electrons. The fourth-order valence-corrected chi connectivity index (χ4v) is 1.47. The van der Waals surface area contributed by atoms with Crippen LogP contribution in [0.1, 0.15) is 0 Å². The number of hydrogen-bond donors (Lipinski definition) is 3. The van der Waals surface area contributed by atoms with E-state index in [1.807, 2.05) is 36.2 Å². The molecule has 0 bridgehead atoms. The van der Waals surface area contributed by atoms with Crippen molar-refractivity contribution in [2.45, 2.75) is 0 Å². The zero-order valence-corrected chi connectivity index (χ0v) is 8.98. The van der Waals surface area contributed by atoms with Gasteiger partial charge in [0.1, 0.15) is 0 Å². The number of hydrogen-bond acceptors (Lipinski definition) is 4. The van der Waals surface area contributed by atoms with Gasteiger partial charge >= 0.3 is 0 Å². The van der Waals surface area contributed by atoms with E-state index in [9.17, 15) is 0 Å². The number of aliphatic hydroxyl groups is 2. The molecule has 0 saturated heterocycles. The third-order valence-corrected chi connectivity index (χ3v) is 2.24. The zero-order valence-electron chi connectivity index (χ0n) is 8.98. The summed E-state index contributed by atoms with van der Waals surface area (Å²) < 4.78 is 0. The number of nitrogens with one attached hydrogen (secondary N) is 1. The summed E-state index contributed by atoms with van der Waals surface area (Å²) >= 11 is 0. The van der Waals surface area contributed by atoms with Crippen molar-refractivity contribution in [1.82, 2.24) is 0 Å². The van der Waals surface area contributed by atoms with Crippen LogP contribution >= 0.6 is 0 Å². The first kappa shape index (κ1) is 11.8. The van der Waals surface area contributed by atoms with Crippen LogP contribution in [0.15, 0.2) is 24.3 Å². The number of anilines is 2. The summed E-state index contributed by atoms with van der Waals surface area (Å²) in [5, 5.41) is 20.9. The summed E-state index contributed by atoms with van der Waals surface area (Å²) in [7, 11) is 1.86. The molecule has 1 aromatic rings. The molecule has 4 heteroatoms. The summed E-state index contributed by atoms with van der Waals surface area (Å²) in [4.78, 5) is 1.95. The van der Waals surface area contributed by atoms with Gasteiger partial charge in [0.25, 0.3) is 0 Å². The second kappa shape index (κ2) is 6.27. The Labute approximate surface area is 90.2 Å². The molecule has 4 nitrogen and oxygen atoms in total. The van der Waals surface area contributed by atoms with E-state index in [-0.39, 0.29) is 13.2 Å². The Kier molecular flexibility index (Phi) is 4.93. The van der Waals surface area contributed by atoms with Crippen LogP contribution in [0, 0.1) is 0 Å². The van der Waals surface area contributed by atoms with Gasteiger partial charge in [0.2, 0.25) is 0 Å². The third-order valence-electron chi connectivity index (χ3n) is 2.24. The van der Waals surface area contributed by atoms with Crippen molar-refractivity contribution in [3.63, 3.8) is 0 Å². The predicted octanol–water partition coefficient (Wildman–Crippen LogP) is 0.519. The lowest BCUT2D eigenvalue weighted by Gasteiger charge is -2.23. The van der Waals surface area contributed by atoms with Gasteiger partial charge in [-0.25, -0.2) is 0 Å². The highest BCUT2D eigenvalue weighted by atomic mass is 16.3. The maximum atomic E-state index is 8.91. The van der Waals surface area contributed by atoms with Gasteiger partial charge in [-0.05, 0) is 18.2 Å². The minimum atomic E-state index is 0.0871. The molecule has 0 saturated carbocycles. The minimum Gasteiger partial charge on any atom is -0.395 e. The van der Waals surface area contributed by atoms with Crippen LogP contribution in [-0.4, -0.2) is 43.6 Å². The van der Waals surface area contributed by atoms with Crippen molar-refractivity contribution < 1.29 is 10.2 Å². The maximum absolute atomic E-state index is 8.91. The first-order valence-corrected chi connectivity index (χ1v) is 5.06. The van der Waals surface area contributed by atoms with Crippen molar-refractivity contribution in [1.29, 1.82) is 0 Å². The number of aliphatic hydroxyl groups excluding tert-OH is 2. The van der Waals surface area contributed by atoms with Gasteiger partial charge in [0, 0.05) is 31.5 Å². The molecule has 0 heterocycles. The summed E-state index contributed by atoms with van der Waals surface area (Å²) in [6.07, 6.45) is 0. The highest BCUT2D eigenvalue weighted by Crippen LogP contribution is 2.18. The highest BCUT2D eigenvalue weighted by molar-refractivity contribution is 5.57. The molecule has 0 atom stereocenters. The monoisotopic (exact) mass is 210 g/mol. The predicted molar refractivity (Wildman–Crippen MR) is 62.4 cm³/mol. The van der Waals surface area contributed by atoms with E-state index in [1.54, 1.807) is 0 Å². The fourth-order valence-electron chi connectivity index (χ4n) is 1.47. The molecule has 0 aliphatic carbocycles. The van der Waals surface area contributed by atoms with E-state index >= 15 is 0 Å². The van der Waals surface area contributed by atoms with Crippen molar-refractivity contribution in [3.8, 4) is 0 Å². The summed E-state index contributed by atoms with van der Waals surface area (Å²) in [5.41, 5.74) is 2.03.